The smallest absolute Gasteiger partial charge is 0.220 e. The highest BCUT2D eigenvalue weighted by Crippen LogP contribution is 2.23. The van der Waals surface area contributed by atoms with E-state index in [2.05, 4.69) is 19.2 Å². The van der Waals surface area contributed by atoms with Crippen molar-refractivity contribution < 1.29 is 44.9 Å². The molecule has 0 spiro atoms. The van der Waals surface area contributed by atoms with E-state index in [1.54, 1.807) is 0 Å². The minimum atomic E-state index is -1.60. The van der Waals surface area contributed by atoms with Crippen LogP contribution in [0.2, 0.25) is 0 Å². The van der Waals surface area contributed by atoms with Crippen LogP contribution in [0.15, 0.2) is 0 Å². The minimum absolute atomic E-state index is 0.252. The first-order chi connectivity index (χ1) is 31.8. The van der Waals surface area contributed by atoms with Gasteiger partial charge in [-0.25, -0.2) is 0 Å². The number of carbonyl (C=O) groups is 1. The number of rotatable bonds is 49. The van der Waals surface area contributed by atoms with Crippen molar-refractivity contribution in [1.82, 2.24) is 5.32 Å². The molecule has 1 fully saturated rings. The molecule has 0 aromatic carbocycles. The molecule has 10 heteroatoms. The fourth-order valence-electron chi connectivity index (χ4n) is 9.50. The van der Waals surface area contributed by atoms with Gasteiger partial charge in [-0.2, -0.15) is 0 Å². The summed E-state index contributed by atoms with van der Waals surface area (Å²) < 4.78 is 11.2. The van der Waals surface area contributed by atoms with Crippen molar-refractivity contribution in [3.63, 3.8) is 0 Å². The zero-order valence-electron chi connectivity index (χ0n) is 42.6. The van der Waals surface area contributed by atoms with E-state index in [0.29, 0.717) is 6.42 Å². The Bertz CT molecular complexity index is 1000. The predicted molar refractivity (Wildman–Crippen MR) is 269 cm³/mol. The molecule has 0 bridgehead atoms. The Morgan fingerprint density at radius 2 is 0.800 bits per heavy atom. The third kappa shape index (κ3) is 35.0. The molecule has 1 heterocycles. The Morgan fingerprint density at radius 3 is 1.14 bits per heavy atom. The molecule has 0 radical (unpaired) electrons. The second kappa shape index (κ2) is 45.6. The van der Waals surface area contributed by atoms with Crippen LogP contribution in [0, 0.1) is 0 Å². The number of aliphatic hydroxyl groups excluding tert-OH is 6. The topological polar surface area (TPSA) is 169 Å². The van der Waals surface area contributed by atoms with Crippen LogP contribution in [0.5, 0.6) is 0 Å². The van der Waals surface area contributed by atoms with E-state index in [4.69, 9.17) is 9.47 Å². The van der Waals surface area contributed by atoms with Gasteiger partial charge in [0.05, 0.1) is 25.4 Å². The molecule has 1 aliphatic heterocycles. The van der Waals surface area contributed by atoms with Gasteiger partial charge >= 0.3 is 0 Å². The lowest BCUT2D eigenvalue weighted by atomic mass is 9.98. The Morgan fingerprint density at radius 1 is 0.477 bits per heavy atom. The van der Waals surface area contributed by atoms with Gasteiger partial charge in [-0.15, -0.1) is 0 Å². The van der Waals surface area contributed by atoms with Gasteiger partial charge in [0.2, 0.25) is 5.91 Å². The predicted octanol–water partition coefficient (Wildman–Crippen LogP) is 12.4. The molecular weight excluding hydrogens is 819 g/mol. The zero-order chi connectivity index (χ0) is 47.4. The van der Waals surface area contributed by atoms with Crippen LogP contribution in [-0.4, -0.2) is 98.7 Å². The van der Waals surface area contributed by atoms with Gasteiger partial charge in [0.25, 0.3) is 0 Å². The molecule has 388 valence electrons. The van der Waals surface area contributed by atoms with Gasteiger partial charge in [-0.05, 0) is 12.8 Å². The van der Waals surface area contributed by atoms with Crippen molar-refractivity contribution in [3.8, 4) is 0 Å². The van der Waals surface area contributed by atoms with E-state index < -0.39 is 55.6 Å². The van der Waals surface area contributed by atoms with Gasteiger partial charge in [0.1, 0.15) is 30.5 Å². The molecule has 0 aliphatic carbocycles. The van der Waals surface area contributed by atoms with E-state index in [1.165, 1.54) is 212 Å². The van der Waals surface area contributed by atoms with Gasteiger partial charge < -0.3 is 45.4 Å². The van der Waals surface area contributed by atoms with E-state index in [9.17, 15) is 35.4 Å². The lowest BCUT2D eigenvalue weighted by Gasteiger charge is -2.40. The zero-order valence-corrected chi connectivity index (χ0v) is 42.6. The fraction of sp³-hybridized carbons (Fsp3) is 0.982. The Hall–Kier alpha value is -0.850. The largest absolute Gasteiger partial charge is 0.394 e. The molecule has 0 saturated carbocycles. The molecule has 1 amide bonds. The molecule has 0 aromatic heterocycles. The summed E-state index contributed by atoms with van der Waals surface area (Å²) in [4.78, 5) is 13.1. The van der Waals surface area contributed by atoms with Gasteiger partial charge in [-0.1, -0.05) is 264 Å². The average molecular weight is 928 g/mol. The lowest BCUT2D eigenvalue weighted by Crippen LogP contribution is -2.60. The summed E-state index contributed by atoms with van der Waals surface area (Å²) in [5.74, 6) is -0.252. The molecule has 1 aliphatic rings. The molecule has 2 unspecified atom stereocenters. The van der Waals surface area contributed by atoms with Crippen LogP contribution in [0.25, 0.3) is 0 Å². The van der Waals surface area contributed by atoms with Crippen molar-refractivity contribution >= 4 is 5.91 Å². The Balaban J connectivity index is 2.15. The monoisotopic (exact) mass is 928 g/mol. The summed E-state index contributed by atoms with van der Waals surface area (Å²) in [5.41, 5.74) is 0. The third-order valence-corrected chi connectivity index (χ3v) is 14.1. The summed E-state index contributed by atoms with van der Waals surface area (Å²) in [6.45, 7) is 3.63. The number of amides is 1. The molecule has 1 saturated heterocycles. The molecule has 8 atom stereocenters. The third-order valence-electron chi connectivity index (χ3n) is 14.1. The van der Waals surface area contributed by atoms with Gasteiger partial charge in [-0.3, -0.25) is 4.79 Å². The lowest BCUT2D eigenvalue weighted by molar-refractivity contribution is -0.303. The standard InChI is InChI=1S/C55H109NO9/c1-3-5-7-9-11-13-15-16-17-18-19-20-21-22-23-24-25-26-27-28-29-30-31-32-34-36-38-40-42-44-50(59)56-47(46-64-55-54(63)53(62)52(61)49(45-57)65-55)51(60)48(58)43-41-39-37-35-33-14-12-10-8-6-4-2/h47-49,51-55,57-58,60-63H,3-46H2,1-2H3,(H,56,59)/t47-,48+,49+,51-,52+,53?,54?,55+/m0/s1. The first-order valence-electron chi connectivity index (χ1n) is 28.3. The number of carbonyl (C=O) groups excluding carboxylic acids is 1. The van der Waals surface area contributed by atoms with E-state index >= 15 is 0 Å². The summed E-state index contributed by atoms with van der Waals surface area (Å²) in [6.07, 6.45) is 42.9. The SMILES string of the molecule is CCCCCCCCCCCCCCCCCCCCCCCCCCCCCCCC(=O)N[C@@H](CO[C@@H]1O[C@H](CO)[C@@H](O)C(O)C1O)[C@H](O)[C@H](O)CCCCCCCCCCCCC. The highest BCUT2D eigenvalue weighted by molar-refractivity contribution is 5.76. The first-order valence-corrected chi connectivity index (χ1v) is 28.3. The highest BCUT2D eigenvalue weighted by Gasteiger charge is 2.44. The van der Waals surface area contributed by atoms with Crippen molar-refractivity contribution in [3.05, 3.63) is 0 Å². The maximum Gasteiger partial charge on any atom is 0.220 e. The molecule has 0 aromatic rings. The summed E-state index contributed by atoms with van der Waals surface area (Å²) in [6, 6.07) is -0.985. The maximum atomic E-state index is 13.1. The molecule has 65 heavy (non-hydrogen) atoms. The van der Waals surface area contributed by atoms with Crippen molar-refractivity contribution in [2.75, 3.05) is 13.2 Å². The molecular formula is C55H109NO9. The number of aliphatic hydroxyl groups is 6. The average Bonchev–Trinajstić information content (AvgIpc) is 3.31. The van der Waals surface area contributed by atoms with Crippen LogP contribution in [0.3, 0.4) is 0 Å². The second-order valence-corrected chi connectivity index (χ2v) is 20.2. The number of nitrogens with one attached hydrogen (secondary N) is 1. The van der Waals surface area contributed by atoms with E-state index in [-0.39, 0.29) is 18.9 Å². The van der Waals surface area contributed by atoms with Crippen LogP contribution in [-0.2, 0) is 14.3 Å². The summed E-state index contributed by atoms with van der Waals surface area (Å²) in [5, 5.41) is 65.3. The van der Waals surface area contributed by atoms with E-state index in [0.717, 1.165) is 44.9 Å². The fourth-order valence-corrected chi connectivity index (χ4v) is 9.50. The quantitative estimate of drug-likeness (QED) is 0.0294. The molecule has 10 nitrogen and oxygen atoms in total. The molecule has 1 rings (SSSR count). The minimum Gasteiger partial charge on any atom is -0.394 e. The van der Waals surface area contributed by atoms with Crippen LogP contribution in [0.4, 0.5) is 0 Å². The van der Waals surface area contributed by atoms with Crippen LogP contribution in [0.1, 0.15) is 284 Å². The van der Waals surface area contributed by atoms with Gasteiger partial charge in [0.15, 0.2) is 6.29 Å². The first kappa shape index (κ1) is 62.2. The second-order valence-electron chi connectivity index (χ2n) is 20.2. The number of unbranched alkanes of at least 4 members (excludes halogenated alkanes) is 38. The molecule has 7 N–H and O–H groups in total. The Kier molecular flexibility index (Phi) is 43.6. The van der Waals surface area contributed by atoms with Crippen LogP contribution < -0.4 is 5.32 Å². The van der Waals surface area contributed by atoms with E-state index in [1.807, 2.05) is 0 Å². The number of hydrogen-bond donors (Lipinski definition) is 7. The number of ether oxygens (including phenoxy) is 2. The van der Waals surface area contributed by atoms with Crippen molar-refractivity contribution in [1.29, 1.82) is 0 Å². The highest BCUT2D eigenvalue weighted by atomic mass is 16.7. The normalized spacial score (nSPS) is 20.3. The van der Waals surface area contributed by atoms with Crippen LogP contribution >= 0.6 is 0 Å². The number of hydrogen-bond acceptors (Lipinski definition) is 9. The van der Waals surface area contributed by atoms with Crippen molar-refractivity contribution in [2.24, 2.45) is 0 Å². The Labute approximate surface area is 400 Å². The van der Waals surface area contributed by atoms with Gasteiger partial charge in [0, 0.05) is 6.42 Å². The maximum absolute atomic E-state index is 13.1. The summed E-state index contributed by atoms with van der Waals surface area (Å²) >= 11 is 0. The summed E-state index contributed by atoms with van der Waals surface area (Å²) in [7, 11) is 0. The van der Waals surface area contributed by atoms with Crippen molar-refractivity contribution in [2.45, 2.75) is 332 Å².